The highest BCUT2D eigenvalue weighted by molar-refractivity contribution is 6.29. The summed E-state index contributed by atoms with van der Waals surface area (Å²) in [5.74, 6) is 0. The molecule has 1 aromatic heterocycles. The number of pyridine rings is 1. The Hall–Kier alpha value is -0.600. The van der Waals surface area contributed by atoms with Crippen LogP contribution in [0.15, 0.2) is 18.2 Å². The predicted octanol–water partition coefficient (Wildman–Crippen LogP) is 3.50. The number of aromatic nitrogens is 1. The monoisotopic (exact) mass is 238 g/mol. The topological polar surface area (TPSA) is 16.1 Å². The Labute approximate surface area is 103 Å². The number of hydrogen-bond donors (Lipinski definition) is 0. The fourth-order valence-electron chi connectivity index (χ4n) is 2.44. The van der Waals surface area contributed by atoms with Crippen molar-refractivity contribution in [1.82, 2.24) is 9.88 Å². The first-order valence-corrected chi connectivity index (χ1v) is 6.45. The van der Waals surface area contributed by atoms with Gasteiger partial charge in [0.15, 0.2) is 0 Å². The maximum absolute atomic E-state index is 5.88. The minimum atomic E-state index is 0.592. The van der Waals surface area contributed by atoms with Gasteiger partial charge in [-0.25, -0.2) is 4.98 Å². The molecular formula is C13H19ClN2. The smallest absolute Gasteiger partial charge is 0.129 e. The molecule has 0 aliphatic heterocycles. The van der Waals surface area contributed by atoms with Crippen molar-refractivity contribution in [2.45, 2.75) is 44.7 Å². The molecule has 0 spiro atoms. The van der Waals surface area contributed by atoms with Gasteiger partial charge in [-0.2, -0.15) is 0 Å². The van der Waals surface area contributed by atoms with Crippen molar-refractivity contribution in [3.63, 3.8) is 0 Å². The molecule has 2 nitrogen and oxygen atoms in total. The van der Waals surface area contributed by atoms with Crippen LogP contribution in [0.25, 0.3) is 0 Å². The number of hydrogen-bond acceptors (Lipinski definition) is 2. The van der Waals surface area contributed by atoms with Gasteiger partial charge in [0.25, 0.3) is 0 Å². The fraction of sp³-hybridized carbons (Fsp3) is 0.615. The molecule has 0 amide bonds. The van der Waals surface area contributed by atoms with E-state index in [2.05, 4.69) is 16.9 Å². The summed E-state index contributed by atoms with van der Waals surface area (Å²) in [5.41, 5.74) is 1.07. The van der Waals surface area contributed by atoms with Crippen LogP contribution >= 0.6 is 11.6 Å². The Morgan fingerprint density at radius 3 is 2.75 bits per heavy atom. The molecule has 0 saturated heterocycles. The number of nitrogens with zero attached hydrogens (tertiary/aromatic N) is 2. The third kappa shape index (κ3) is 3.19. The second-order valence-corrected chi connectivity index (χ2v) is 5.05. The van der Waals surface area contributed by atoms with E-state index in [4.69, 9.17) is 11.6 Å². The van der Waals surface area contributed by atoms with Crippen LogP contribution in [0.2, 0.25) is 5.15 Å². The van der Waals surface area contributed by atoms with E-state index in [0.717, 1.165) is 18.3 Å². The van der Waals surface area contributed by atoms with Crippen LogP contribution in [-0.2, 0) is 6.54 Å². The lowest BCUT2D eigenvalue weighted by atomic mass is 9.94. The molecule has 0 N–H and O–H groups in total. The van der Waals surface area contributed by atoms with E-state index < -0.39 is 0 Å². The van der Waals surface area contributed by atoms with E-state index in [-0.39, 0.29) is 0 Å². The molecular weight excluding hydrogens is 220 g/mol. The van der Waals surface area contributed by atoms with Crippen LogP contribution in [0.4, 0.5) is 0 Å². The lowest BCUT2D eigenvalue weighted by Crippen LogP contribution is -2.33. The highest BCUT2D eigenvalue weighted by Crippen LogP contribution is 2.22. The molecule has 2 rings (SSSR count). The average molecular weight is 239 g/mol. The fourth-order valence-corrected chi connectivity index (χ4v) is 2.63. The van der Waals surface area contributed by atoms with Gasteiger partial charge in [-0.05, 0) is 32.0 Å². The van der Waals surface area contributed by atoms with Crippen LogP contribution in [0.5, 0.6) is 0 Å². The number of rotatable bonds is 3. The molecule has 88 valence electrons. The zero-order valence-electron chi connectivity index (χ0n) is 9.82. The maximum atomic E-state index is 5.88. The van der Waals surface area contributed by atoms with Crippen molar-refractivity contribution in [2.75, 3.05) is 7.05 Å². The summed E-state index contributed by atoms with van der Waals surface area (Å²) in [4.78, 5) is 6.75. The van der Waals surface area contributed by atoms with E-state index in [0.29, 0.717) is 5.15 Å². The molecule has 1 saturated carbocycles. The van der Waals surface area contributed by atoms with Crippen molar-refractivity contribution >= 4 is 11.6 Å². The van der Waals surface area contributed by atoms with Gasteiger partial charge in [-0.15, -0.1) is 0 Å². The van der Waals surface area contributed by atoms with Crippen molar-refractivity contribution < 1.29 is 0 Å². The summed E-state index contributed by atoms with van der Waals surface area (Å²) in [6.45, 7) is 0.908. The summed E-state index contributed by atoms with van der Waals surface area (Å²) < 4.78 is 0. The first kappa shape index (κ1) is 11.9. The van der Waals surface area contributed by atoms with Crippen molar-refractivity contribution in [1.29, 1.82) is 0 Å². The molecule has 0 atom stereocenters. The van der Waals surface area contributed by atoms with E-state index >= 15 is 0 Å². The maximum Gasteiger partial charge on any atom is 0.129 e. The third-order valence-electron chi connectivity index (χ3n) is 3.38. The summed E-state index contributed by atoms with van der Waals surface area (Å²) in [6.07, 6.45) is 6.81. The average Bonchev–Trinajstić information content (AvgIpc) is 2.30. The van der Waals surface area contributed by atoms with Gasteiger partial charge in [0.2, 0.25) is 0 Å². The van der Waals surface area contributed by atoms with Gasteiger partial charge in [0, 0.05) is 12.6 Å². The Morgan fingerprint density at radius 1 is 1.31 bits per heavy atom. The van der Waals surface area contributed by atoms with Gasteiger partial charge in [0.05, 0.1) is 5.69 Å². The third-order valence-corrected chi connectivity index (χ3v) is 3.59. The minimum absolute atomic E-state index is 0.592. The molecule has 0 bridgehead atoms. The van der Waals surface area contributed by atoms with E-state index in [1.807, 2.05) is 18.2 Å². The molecule has 1 aliphatic carbocycles. The highest BCUT2D eigenvalue weighted by atomic mass is 35.5. The van der Waals surface area contributed by atoms with Crippen molar-refractivity contribution in [3.8, 4) is 0 Å². The molecule has 16 heavy (non-hydrogen) atoms. The highest BCUT2D eigenvalue weighted by Gasteiger charge is 2.18. The summed E-state index contributed by atoms with van der Waals surface area (Å²) in [7, 11) is 2.19. The molecule has 1 heterocycles. The molecule has 1 aliphatic rings. The minimum Gasteiger partial charge on any atom is -0.298 e. The zero-order valence-corrected chi connectivity index (χ0v) is 10.6. The Bertz CT molecular complexity index is 334. The van der Waals surface area contributed by atoms with Crippen LogP contribution in [-0.4, -0.2) is 23.0 Å². The quantitative estimate of drug-likeness (QED) is 0.750. The van der Waals surface area contributed by atoms with E-state index in [9.17, 15) is 0 Å². The van der Waals surface area contributed by atoms with Gasteiger partial charge < -0.3 is 0 Å². The normalized spacial score (nSPS) is 17.9. The zero-order chi connectivity index (χ0) is 11.4. The predicted molar refractivity (Wildman–Crippen MR) is 67.6 cm³/mol. The molecule has 1 fully saturated rings. The van der Waals surface area contributed by atoms with Crippen LogP contribution < -0.4 is 0 Å². The second-order valence-electron chi connectivity index (χ2n) is 4.66. The Kier molecular flexibility index (Phi) is 4.19. The van der Waals surface area contributed by atoms with Crippen LogP contribution in [0.3, 0.4) is 0 Å². The van der Waals surface area contributed by atoms with E-state index in [1.165, 1.54) is 32.1 Å². The first-order valence-electron chi connectivity index (χ1n) is 6.07. The molecule has 3 heteroatoms. The largest absolute Gasteiger partial charge is 0.298 e. The van der Waals surface area contributed by atoms with Crippen LogP contribution in [0.1, 0.15) is 37.8 Å². The molecule has 0 unspecified atom stereocenters. The first-order chi connectivity index (χ1) is 7.75. The molecule has 0 aromatic carbocycles. The van der Waals surface area contributed by atoms with Gasteiger partial charge in [0.1, 0.15) is 5.15 Å². The lowest BCUT2D eigenvalue weighted by molar-refractivity contribution is 0.183. The van der Waals surface area contributed by atoms with Gasteiger partial charge in [-0.1, -0.05) is 36.9 Å². The SMILES string of the molecule is CN(Cc1cccc(Cl)n1)C1CCCCC1. The van der Waals surface area contributed by atoms with Crippen LogP contribution in [0, 0.1) is 0 Å². The van der Waals surface area contributed by atoms with Crippen molar-refractivity contribution in [3.05, 3.63) is 29.0 Å². The molecule has 0 radical (unpaired) electrons. The summed E-state index contributed by atoms with van der Waals surface area (Å²) in [5, 5.41) is 0.592. The van der Waals surface area contributed by atoms with Gasteiger partial charge >= 0.3 is 0 Å². The van der Waals surface area contributed by atoms with Gasteiger partial charge in [-0.3, -0.25) is 4.90 Å². The van der Waals surface area contributed by atoms with Crippen molar-refractivity contribution in [2.24, 2.45) is 0 Å². The standard InChI is InChI=1S/C13H19ClN2/c1-16(12-7-3-2-4-8-12)10-11-6-5-9-13(14)15-11/h5-6,9,12H,2-4,7-8,10H2,1H3. The summed E-state index contributed by atoms with van der Waals surface area (Å²) in [6, 6.07) is 6.57. The summed E-state index contributed by atoms with van der Waals surface area (Å²) >= 11 is 5.88. The van der Waals surface area contributed by atoms with E-state index in [1.54, 1.807) is 0 Å². The Morgan fingerprint density at radius 2 is 2.06 bits per heavy atom. The Balaban J connectivity index is 1.93. The second kappa shape index (κ2) is 5.65. The molecule has 1 aromatic rings. The lowest BCUT2D eigenvalue weighted by Gasteiger charge is -2.30. The number of halogens is 1.